The third kappa shape index (κ3) is 6.55. The van der Waals surface area contributed by atoms with Gasteiger partial charge in [0, 0.05) is 0 Å². The number of nitrogens with one attached hydrogen (secondary N) is 1. The zero-order chi connectivity index (χ0) is 20.8. The number of hydrogen-bond acceptors (Lipinski definition) is 5. The SMILES string of the molecule is CCOC(=O)C[C@@H](C)[C@H](NC(=O)[C@H](O)c1ccc(C(F)(F)F)cc1)C(N)=O. The molecule has 10 heteroatoms. The Kier molecular flexibility index (Phi) is 7.77. The van der Waals surface area contributed by atoms with E-state index in [0.717, 1.165) is 24.3 Å². The van der Waals surface area contributed by atoms with Crippen LogP contribution in [0.2, 0.25) is 0 Å². The van der Waals surface area contributed by atoms with Crippen LogP contribution in [0.25, 0.3) is 0 Å². The van der Waals surface area contributed by atoms with Crippen LogP contribution in [0.3, 0.4) is 0 Å². The number of benzene rings is 1. The van der Waals surface area contributed by atoms with Gasteiger partial charge in [-0.15, -0.1) is 0 Å². The Morgan fingerprint density at radius 1 is 1.22 bits per heavy atom. The summed E-state index contributed by atoms with van der Waals surface area (Å²) in [6, 6.07) is 2.08. The van der Waals surface area contributed by atoms with E-state index in [-0.39, 0.29) is 18.6 Å². The van der Waals surface area contributed by atoms with Crippen LogP contribution in [0.5, 0.6) is 0 Å². The molecule has 7 nitrogen and oxygen atoms in total. The molecule has 1 rings (SSSR count). The highest BCUT2D eigenvalue weighted by Crippen LogP contribution is 2.30. The number of halogens is 3. The zero-order valence-electron chi connectivity index (χ0n) is 14.7. The smallest absolute Gasteiger partial charge is 0.416 e. The Hall–Kier alpha value is -2.62. The fourth-order valence-corrected chi connectivity index (χ4v) is 2.33. The molecule has 0 aromatic heterocycles. The summed E-state index contributed by atoms with van der Waals surface area (Å²) < 4.78 is 42.4. The van der Waals surface area contributed by atoms with Gasteiger partial charge in [0.1, 0.15) is 6.04 Å². The van der Waals surface area contributed by atoms with Crippen molar-refractivity contribution in [2.24, 2.45) is 11.7 Å². The van der Waals surface area contributed by atoms with Gasteiger partial charge in [0.2, 0.25) is 5.91 Å². The van der Waals surface area contributed by atoms with E-state index in [9.17, 15) is 32.7 Å². The maximum atomic E-state index is 12.6. The Morgan fingerprint density at radius 3 is 2.22 bits per heavy atom. The van der Waals surface area contributed by atoms with E-state index in [1.165, 1.54) is 6.92 Å². The summed E-state index contributed by atoms with van der Waals surface area (Å²) in [6.45, 7) is 3.24. The molecule has 0 saturated heterocycles. The van der Waals surface area contributed by atoms with E-state index >= 15 is 0 Å². The number of carbonyl (C=O) groups excluding carboxylic acids is 3. The molecule has 0 saturated carbocycles. The van der Waals surface area contributed by atoms with Gasteiger partial charge in [0.05, 0.1) is 18.6 Å². The Bertz CT molecular complexity index is 676. The van der Waals surface area contributed by atoms with E-state index < -0.39 is 47.6 Å². The molecule has 0 heterocycles. The lowest BCUT2D eigenvalue weighted by atomic mass is 9.97. The molecule has 4 N–H and O–H groups in total. The first kappa shape index (κ1) is 22.4. The molecule has 0 spiro atoms. The van der Waals surface area contributed by atoms with Crippen molar-refractivity contribution in [2.45, 2.75) is 38.6 Å². The van der Waals surface area contributed by atoms with E-state index in [1.54, 1.807) is 6.92 Å². The number of primary amides is 1. The van der Waals surface area contributed by atoms with E-state index in [0.29, 0.717) is 0 Å². The number of esters is 1. The Morgan fingerprint density at radius 2 is 1.78 bits per heavy atom. The number of carbonyl (C=O) groups is 3. The van der Waals surface area contributed by atoms with Gasteiger partial charge in [-0.1, -0.05) is 19.1 Å². The van der Waals surface area contributed by atoms with Crippen molar-refractivity contribution in [1.82, 2.24) is 5.32 Å². The van der Waals surface area contributed by atoms with Gasteiger partial charge < -0.3 is 20.9 Å². The van der Waals surface area contributed by atoms with Gasteiger partial charge in [-0.2, -0.15) is 13.2 Å². The molecule has 2 amide bonds. The van der Waals surface area contributed by atoms with Gasteiger partial charge in [-0.25, -0.2) is 0 Å². The second-order valence-corrected chi connectivity index (χ2v) is 5.90. The van der Waals surface area contributed by atoms with Gasteiger partial charge in [-0.05, 0) is 30.5 Å². The first-order valence-corrected chi connectivity index (χ1v) is 8.07. The molecule has 3 atom stereocenters. The van der Waals surface area contributed by atoms with Crippen LogP contribution in [-0.2, 0) is 25.3 Å². The molecule has 1 aromatic carbocycles. The van der Waals surface area contributed by atoms with Gasteiger partial charge >= 0.3 is 12.1 Å². The second kappa shape index (κ2) is 9.36. The molecule has 0 aliphatic heterocycles. The lowest BCUT2D eigenvalue weighted by Gasteiger charge is -2.23. The fourth-order valence-electron chi connectivity index (χ4n) is 2.33. The number of rotatable bonds is 8. The Labute approximate surface area is 153 Å². The van der Waals surface area contributed by atoms with Crippen molar-refractivity contribution >= 4 is 17.8 Å². The molecule has 0 aliphatic carbocycles. The van der Waals surface area contributed by atoms with Crippen molar-refractivity contribution in [1.29, 1.82) is 0 Å². The normalized spacial score (nSPS) is 14.7. The highest BCUT2D eigenvalue weighted by Gasteiger charge is 2.32. The molecule has 0 unspecified atom stereocenters. The molecule has 0 bridgehead atoms. The summed E-state index contributed by atoms with van der Waals surface area (Å²) in [5.41, 5.74) is 4.20. The summed E-state index contributed by atoms with van der Waals surface area (Å²) in [4.78, 5) is 35.2. The summed E-state index contributed by atoms with van der Waals surface area (Å²) in [6.07, 6.45) is -6.56. The summed E-state index contributed by atoms with van der Waals surface area (Å²) in [7, 11) is 0. The van der Waals surface area contributed by atoms with Crippen molar-refractivity contribution in [3.8, 4) is 0 Å². The van der Waals surface area contributed by atoms with Crippen LogP contribution in [0.4, 0.5) is 13.2 Å². The lowest BCUT2D eigenvalue weighted by molar-refractivity contribution is -0.145. The first-order chi connectivity index (χ1) is 12.5. The number of aliphatic hydroxyl groups excluding tert-OH is 1. The van der Waals surface area contributed by atoms with Crippen molar-refractivity contribution in [2.75, 3.05) is 6.61 Å². The Balaban J connectivity index is 2.83. The lowest BCUT2D eigenvalue weighted by Crippen LogP contribution is -2.50. The number of nitrogens with two attached hydrogens (primary N) is 1. The predicted octanol–water partition coefficient (Wildman–Crippen LogP) is 1.30. The number of hydrogen-bond donors (Lipinski definition) is 3. The number of amides is 2. The zero-order valence-corrected chi connectivity index (χ0v) is 14.7. The van der Waals surface area contributed by atoms with E-state index in [1.807, 2.05) is 0 Å². The second-order valence-electron chi connectivity index (χ2n) is 5.90. The van der Waals surface area contributed by atoms with Crippen molar-refractivity contribution in [3.05, 3.63) is 35.4 Å². The molecule has 150 valence electrons. The minimum Gasteiger partial charge on any atom is -0.466 e. The topological polar surface area (TPSA) is 119 Å². The van der Waals surface area contributed by atoms with Gasteiger partial charge in [0.25, 0.3) is 5.91 Å². The van der Waals surface area contributed by atoms with Crippen LogP contribution in [0.1, 0.15) is 37.5 Å². The third-order valence-corrected chi connectivity index (χ3v) is 3.77. The van der Waals surface area contributed by atoms with Crippen LogP contribution in [0.15, 0.2) is 24.3 Å². The summed E-state index contributed by atoms with van der Waals surface area (Å²) in [5, 5.41) is 12.2. The van der Waals surface area contributed by atoms with Crippen LogP contribution in [-0.4, -0.2) is 35.5 Å². The standard InChI is InChI=1S/C17H21F3N2O5/c1-3-27-12(23)8-9(2)13(15(21)25)22-16(26)14(24)10-4-6-11(7-5-10)17(18,19)20/h4-7,9,13-14,24H,3,8H2,1-2H3,(H2,21,25)(H,22,26)/t9-,13+,14-/m1/s1. The monoisotopic (exact) mass is 390 g/mol. The maximum Gasteiger partial charge on any atom is 0.416 e. The summed E-state index contributed by atoms with van der Waals surface area (Å²) in [5.74, 6) is -3.27. The van der Waals surface area contributed by atoms with Crippen molar-refractivity contribution < 1.29 is 37.4 Å². The third-order valence-electron chi connectivity index (χ3n) is 3.77. The van der Waals surface area contributed by atoms with Gasteiger partial charge in [-0.3, -0.25) is 14.4 Å². The molecule has 27 heavy (non-hydrogen) atoms. The van der Waals surface area contributed by atoms with Gasteiger partial charge in [0.15, 0.2) is 6.10 Å². The summed E-state index contributed by atoms with van der Waals surface area (Å²) >= 11 is 0. The molecule has 0 fully saturated rings. The van der Waals surface area contributed by atoms with Crippen LogP contribution < -0.4 is 11.1 Å². The molecule has 0 aliphatic rings. The molecule has 1 aromatic rings. The predicted molar refractivity (Wildman–Crippen MR) is 87.9 cm³/mol. The maximum absolute atomic E-state index is 12.6. The first-order valence-electron chi connectivity index (χ1n) is 8.07. The van der Waals surface area contributed by atoms with E-state index in [4.69, 9.17) is 10.5 Å². The average Bonchev–Trinajstić information content (AvgIpc) is 2.57. The average molecular weight is 390 g/mol. The molecule has 0 radical (unpaired) electrons. The fraction of sp³-hybridized carbons (Fsp3) is 0.471. The van der Waals surface area contributed by atoms with Crippen LogP contribution >= 0.6 is 0 Å². The van der Waals surface area contributed by atoms with Crippen molar-refractivity contribution in [3.63, 3.8) is 0 Å². The molecular weight excluding hydrogens is 369 g/mol. The highest BCUT2D eigenvalue weighted by molar-refractivity contribution is 5.89. The number of ether oxygens (including phenoxy) is 1. The van der Waals surface area contributed by atoms with Crippen LogP contribution in [0, 0.1) is 5.92 Å². The highest BCUT2D eigenvalue weighted by atomic mass is 19.4. The number of aliphatic hydroxyl groups is 1. The van der Waals surface area contributed by atoms with E-state index in [2.05, 4.69) is 5.32 Å². The number of alkyl halides is 3. The minimum atomic E-state index is -4.55. The molecular formula is C17H21F3N2O5. The largest absolute Gasteiger partial charge is 0.466 e. The quantitative estimate of drug-likeness (QED) is 0.578. The minimum absolute atomic E-state index is 0.0956.